The number of hydrogen-bond donors (Lipinski definition) is 4. The number of alkyl halides is 1. The van der Waals surface area contributed by atoms with E-state index in [-0.39, 0.29) is 23.4 Å². The van der Waals surface area contributed by atoms with Crippen molar-refractivity contribution in [1.29, 1.82) is 0 Å². The third kappa shape index (κ3) is 3.36. The molecule has 0 spiro atoms. The van der Waals surface area contributed by atoms with Crippen molar-refractivity contribution in [2.45, 2.75) is 37.4 Å². The number of imidazole rings is 1. The second-order valence-corrected chi connectivity index (χ2v) is 7.06. The maximum absolute atomic E-state index is 15.1. The zero-order chi connectivity index (χ0) is 18.4. The summed E-state index contributed by atoms with van der Waals surface area (Å²) in [4.78, 5) is 29.2. The number of anilines is 1. The number of nitrogen functional groups attached to an aromatic ring is 1. The predicted octanol–water partition coefficient (Wildman–Crippen LogP) is -0.106. The summed E-state index contributed by atoms with van der Waals surface area (Å²) in [5.74, 6) is 0.120. The molecule has 0 amide bonds. The van der Waals surface area contributed by atoms with Crippen LogP contribution in [-0.4, -0.2) is 58.9 Å². The third-order valence-electron chi connectivity index (χ3n) is 4.02. The number of fused-ring (bicyclic) bond motifs is 1. The Morgan fingerprint density at radius 3 is 2.88 bits per heavy atom. The van der Waals surface area contributed by atoms with Crippen molar-refractivity contribution >= 4 is 24.8 Å². The molecular formula is C12H17FN5O6P. The van der Waals surface area contributed by atoms with Crippen LogP contribution in [0.25, 0.3) is 11.2 Å². The van der Waals surface area contributed by atoms with Gasteiger partial charge in [-0.05, 0) is 6.92 Å². The van der Waals surface area contributed by atoms with Crippen LogP contribution in [0.2, 0.25) is 0 Å². The van der Waals surface area contributed by atoms with Crippen LogP contribution in [0.3, 0.4) is 0 Å². The fraction of sp³-hybridized carbons (Fsp3) is 0.583. The molecule has 0 bridgehead atoms. The Bertz CT molecular complexity index is 825. The van der Waals surface area contributed by atoms with Crippen LogP contribution >= 0.6 is 7.82 Å². The molecule has 11 nitrogen and oxygen atoms in total. The molecule has 1 fully saturated rings. The molecule has 3 rings (SSSR count). The quantitative estimate of drug-likeness (QED) is 0.517. The largest absolute Gasteiger partial charge is 0.469 e. The monoisotopic (exact) mass is 377 g/mol. The molecule has 5 N–H and O–H groups in total. The highest BCUT2D eigenvalue weighted by Gasteiger charge is 2.55. The molecule has 0 aromatic carbocycles. The lowest BCUT2D eigenvalue weighted by Gasteiger charge is -2.24. The molecule has 25 heavy (non-hydrogen) atoms. The second kappa shape index (κ2) is 6.24. The maximum atomic E-state index is 15.1. The highest BCUT2D eigenvalue weighted by Crippen LogP contribution is 2.44. The summed E-state index contributed by atoms with van der Waals surface area (Å²) in [6.07, 6.45) is -1.49. The van der Waals surface area contributed by atoms with Gasteiger partial charge in [-0.3, -0.25) is 9.09 Å². The number of phosphoric ester groups is 1. The smallest absolute Gasteiger partial charge is 0.387 e. The van der Waals surface area contributed by atoms with Crippen molar-refractivity contribution in [2.75, 3.05) is 12.3 Å². The van der Waals surface area contributed by atoms with Gasteiger partial charge in [0.05, 0.1) is 19.0 Å². The van der Waals surface area contributed by atoms with Crippen LogP contribution in [-0.2, 0) is 13.8 Å². The maximum Gasteiger partial charge on any atom is 0.469 e. The normalized spacial score (nSPS) is 30.2. The van der Waals surface area contributed by atoms with Gasteiger partial charge in [-0.1, -0.05) is 0 Å². The number of halogens is 1. The van der Waals surface area contributed by atoms with Crippen LogP contribution in [0.4, 0.5) is 10.2 Å². The van der Waals surface area contributed by atoms with Crippen molar-refractivity contribution in [2.24, 2.45) is 0 Å². The first-order valence-electron chi connectivity index (χ1n) is 7.27. The molecule has 1 aliphatic heterocycles. The first kappa shape index (κ1) is 18.1. The lowest BCUT2D eigenvalue weighted by molar-refractivity contribution is -0.0490. The van der Waals surface area contributed by atoms with Gasteiger partial charge < -0.3 is 25.4 Å². The minimum Gasteiger partial charge on any atom is -0.387 e. The molecule has 0 unspecified atom stereocenters. The minimum absolute atomic E-state index is 0.119. The molecule has 2 aromatic rings. The van der Waals surface area contributed by atoms with E-state index >= 15 is 4.39 Å². The summed E-state index contributed by atoms with van der Waals surface area (Å²) < 4.78 is 36.9. The highest BCUT2D eigenvalue weighted by molar-refractivity contribution is 7.46. The van der Waals surface area contributed by atoms with E-state index in [2.05, 4.69) is 19.5 Å². The number of phosphoric acid groups is 1. The van der Waals surface area contributed by atoms with Gasteiger partial charge in [0.15, 0.2) is 23.4 Å². The van der Waals surface area contributed by atoms with E-state index < -0.39 is 38.5 Å². The second-order valence-electron chi connectivity index (χ2n) is 5.82. The van der Waals surface area contributed by atoms with Crippen molar-refractivity contribution < 1.29 is 33.1 Å². The van der Waals surface area contributed by atoms with Crippen molar-refractivity contribution in [3.8, 4) is 0 Å². The van der Waals surface area contributed by atoms with Crippen LogP contribution < -0.4 is 5.73 Å². The van der Waals surface area contributed by atoms with Crippen LogP contribution in [0.1, 0.15) is 19.6 Å². The zero-order valence-electron chi connectivity index (χ0n) is 13.1. The summed E-state index contributed by atoms with van der Waals surface area (Å²) in [7, 11) is -4.65. The Hall–Kier alpha value is -1.69. The zero-order valence-corrected chi connectivity index (χ0v) is 14.0. The molecule has 0 saturated carbocycles. The van der Waals surface area contributed by atoms with Crippen molar-refractivity contribution in [3.63, 3.8) is 0 Å². The first-order chi connectivity index (χ1) is 11.6. The van der Waals surface area contributed by atoms with E-state index in [0.29, 0.717) is 0 Å². The number of hydrogen-bond acceptors (Lipinski definition) is 8. The van der Waals surface area contributed by atoms with E-state index in [0.717, 1.165) is 6.92 Å². The van der Waals surface area contributed by atoms with Crippen LogP contribution in [0.5, 0.6) is 0 Å². The Morgan fingerprint density at radius 2 is 2.20 bits per heavy atom. The SMILES string of the molecule is C[C@@]1(F)[C@H](O)[C@@H](CCOP(=O)(O)O)O[C@H]1n1cnc2c(N)ncnc21. The van der Waals surface area contributed by atoms with Crippen LogP contribution in [0.15, 0.2) is 12.7 Å². The fourth-order valence-corrected chi connectivity index (χ4v) is 3.12. The topological polar surface area (TPSA) is 166 Å². The Morgan fingerprint density at radius 1 is 1.48 bits per heavy atom. The summed E-state index contributed by atoms with van der Waals surface area (Å²) >= 11 is 0. The number of ether oxygens (including phenoxy) is 1. The molecule has 1 saturated heterocycles. The van der Waals surface area contributed by atoms with E-state index in [1.165, 1.54) is 17.2 Å². The number of nitrogens with zero attached hydrogens (tertiary/aromatic N) is 4. The lowest BCUT2D eigenvalue weighted by atomic mass is 9.97. The molecular weight excluding hydrogens is 360 g/mol. The predicted molar refractivity (Wildman–Crippen MR) is 81.8 cm³/mol. The summed E-state index contributed by atoms with van der Waals surface area (Å²) in [5, 5.41) is 10.2. The van der Waals surface area contributed by atoms with Crippen molar-refractivity contribution in [1.82, 2.24) is 19.5 Å². The Balaban J connectivity index is 1.84. The standard InChI is InChI=1S/C12H17FN5O6P/c1-12(13)8(19)6(2-3-23-25(20,21)22)24-11(12)18-5-17-7-9(14)15-4-16-10(7)18/h4-6,8,11,19H,2-3H2,1H3,(H2,14,15,16)(H2,20,21,22)/t6-,8-,11-,12-/m1/s1. The number of aliphatic hydroxyl groups excluding tert-OH is 1. The van der Waals surface area contributed by atoms with Gasteiger partial charge in [-0.25, -0.2) is 23.9 Å². The van der Waals surface area contributed by atoms with Gasteiger partial charge in [0.2, 0.25) is 0 Å². The lowest BCUT2D eigenvalue weighted by Crippen LogP contribution is -2.39. The first-order valence-corrected chi connectivity index (χ1v) is 8.80. The van der Waals surface area contributed by atoms with Gasteiger partial charge in [-0.15, -0.1) is 0 Å². The fourth-order valence-electron chi connectivity index (χ4n) is 2.78. The molecule has 13 heteroatoms. The number of aromatic nitrogens is 4. The molecule has 3 heterocycles. The number of rotatable bonds is 5. The van der Waals surface area contributed by atoms with E-state index in [1.807, 2.05) is 0 Å². The average molecular weight is 377 g/mol. The van der Waals surface area contributed by atoms with Gasteiger partial charge in [0.25, 0.3) is 0 Å². The molecule has 2 aromatic heterocycles. The average Bonchev–Trinajstić information content (AvgIpc) is 3.01. The van der Waals surface area contributed by atoms with Gasteiger partial charge in [0, 0.05) is 6.42 Å². The minimum atomic E-state index is -4.65. The van der Waals surface area contributed by atoms with Gasteiger partial charge in [0.1, 0.15) is 17.9 Å². The highest BCUT2D eigenvalue weighted by atomic mass is 31.2. The summed E-state index contributed by atoms with van der Waals surface area (Å²) in [5.41, 5.74) is 3.99. The third-order valence-corrected chi connectivity index (χ3v) is 4.54. The number of nitrogens with two attached hydrogens (primary N) is 1. The Kier molecular flexibility index (Phi) is 4.52. The van der Waals surface area contributed by atoms with Gasteiger partial charge >= 0.3 is 7.82 Å². The van der Waals surface area contributed by atoms with E-state index in [1.54, 1.807) is 0 Å². The molecule has 138 valence electrons. The van der Waals surface area contributed by atoms with Gasteiger partial charge in [-0.2, -0.15) is 0 Å². The van der Waals surface area contributed by atoms with Crippen molar-refractivity contribution in [3.05, 3.63) is 12.7 Å². The van der Waals surface area contributed by atoms with E-state index in [9.17, 15) is 9.67 Å². The Labute approximate surface area is 140 Å². The summed E-state index contributed by atoms with van der Waals surface area (Å²) in [6, 6.07) is 0. The summed E-state index contributed by atoms with van der Waals surface area (Å²) in [6.45, 7) is 0.747. The van der Waals surface area contributed by atoms with E-state index in [4.69, 9.17) is 20.3 Å². The van der Waals surface area contributed by atoms with Crippen LogP contribution in [0, 0.1) is 0 Å². The molecule has 4 atom stereocenters. The number of aliphatic hydroxyl groups is 1. The molecule has 0 radical (unpaired) electrons. The molecule has 1 aliphatic rings. The molecule has 0 aliphatic carbocycles.